The van der Waals surface area contributed by atoms with E-state index in [9.17, 15) is 4.39 Å². The van der Waals surface area contributed by atoms with Crippen LogP contribution in [0, 0.1) is 0 Å². The Hall–Kier alpha value is -0.233. The van der Waals surface area contributed by atoms with Crippen LogP contribution in [0.25, 0.3) is 0 Å². The Morgan fingerprint density at radius 1 is 0.778 bits per heavy atom. The maximum atomic E-state index is 12.5. The molecule has 0 aliphatic carbocycles. The molecule has 5 heteroatoms. The smallest absolute Gasteiger partial charge is 0.377 e. The molecule has 0 amide bonds. The van der Waals surface area contributed by atoms with Gasteiger partial charge >= 0.3 is 8.80 Å². The van der Waals surface area contributed by atoms with Crippen molar-refractivity contribution in [3.8, 4) is 0 Å². The van der Waals surface area contributed by atoms with Crippen LogP contribution in [0.4, 0.5) is 4.39 Å². The Labute approximate surface area is 169 Å². The summed E-state index contributed by atoms with van der Waals surface area (Å²) in [7, 11) is 0.712. The van der Waals surface area contributed by atoms with Gasteiger partial charge in [-0.2, -0.15) is 0 Å². The molecule has 0 aromatic rings. The van der Waals surface area contributed by atoms with E-state index in [1.807, 2.05) is 0 Å². The molecule has 27 heavy (non-hydrogen) atoms. The summed E-state index contributed by atoms with van der Waals surface area (Å²) in [4.78, 5) is 0. The summed E-state index contributed by atoms with van der Waals surface area (Å²) in [6, 6.07) is 0.800. The van der Waals surface area contributed by atoms with Crippen molar-refractivity contribution in [1.82, 2.24) is 0 Å². The second-order valence-corrected chi connectivity index (χ2v) is 10.4. The van der Waals surface area contributed by atoms with Crippen LogP contribution in [0.2, 0.25) is 6.04 Å². The van der Waals surface area contributed by atoms with E-state index >= 15 is 0 Å². The first-order valence-electron chi connectivity index (χ1n) is 11.2. The molecule has 0 bridgehead atoms. The van der Waals surface area contributed by atoms with E-state index in [1.165, 1.54) is 64.2 Å². The minimum absolute atomic E-state index is 0.0197. The van der Waals surface area contributed by atoms with Crippen LogP contribution in [0.5, 0.6) is 0 Å². The lowest BCUT2D eigenvalue weighted by atomic mass is 10.0. The number of hydrogen-bond acceptors (Lipinski definition) is 3. The fourth-order valence-electron chi connectivity index (χ4n) is 3.47. The highest BCUT2D eigenvalue weighted by molar-refractivity contribution is 6.60. The van der Waals surface area contributed by atoms with Gasteiger partial charge in [-0.15, -0.1) is 0 Å². The molecule has 0 saturated carbocycles. The van der Waals surface area contributed by atoms with Crippen LogP contribution in [0.1, 0.15) is 104 Å². The zero-order chi connectivity index (χ0) is 20.2. The number of rotatable bonds is 20. The molecule has 3 nitrogen and oxygen atoms in total. The van der Waals surface area contributed by atoms with Gasteiger partial charge < -0.3 is 13.3 Å². The Kier molecular flexibility index (Phi) is 18.9. The average molecular weight is 405 g/mol. The van der Waals surface area contributed by atoms with Gasteiger partial charge in [-0.3, -0.25) is 0 Å². The number of halogens is 1. The van der Waals surface area contributed by atoms with Gasteiger partial charge in [0.15, 0.2) is 0 Å². The van der Waals surface area contributed by atoms with Crippen molar-refractivity contribution in [2.45, 2.75) is 116 Å². The lowest BCUT2D eigenvalue weighted by Crippen LogP contribution is -2.46. The first-order valence-corrected chi connectivity index (χ1v) is 13.1. The van der Waals surface area contributed by atoms with Crippen LogP contribution in [0.3, 0.4) is 0 Å². The summed E-state index contributed by atoms with van der Waals surface area (Å²) in [6.07, 6.45) is 19.2. The van der Waals surface area contributed by atoms with Gasteiger partial charge in [-0.05, 0) is 12.8 Å². The fraction of sp³-hybridized carbons (Fsp3) is 0.909. The van der Waals surface area contributed by atoms with Crippen molar-refractivity contribution in [3.63, 3.8) is 0 Å². The third-order valence-corrected chi connectivity index (χ3v) is 8.19. The molecule has 0 saturated heterocycles. The van der Waals surface area contributed by atoms with Gasteiger partial charge in [0.05, 0.1) is 12.4 Å². The van der Waals surface area contributed by atoms with E-state index in [0.717, 1.165) is 25.3 Å². The third-order valence-electron chi connectivity index (χ3n) is 5.14. The summed E-state index contributed by atoms with van der Waals surface area (Å²) >= 11 is 0. The Balaban J connectivity index is 4.00. The standard InChI is InChI=1S/C22H45FO3Si/c1-5-7-8-9-10-11-12-13-14-15-16-18-22(19-17-20-23)26-27(24-3,25-4)21-6-2/h17,20,22H,5-16,18-19,21H2,1-4H3. The van der Waals surface area contributed by atoms with E-state index in [1.54, 1.807) is 20.3 Å². The molecule has 0 aromatic carbocycles. The largest absolute Gasteiger partial charge is 0.500 e. The first-order chi connectivity index (χ1) is 13.2. The molecule has 0 radical (unpaired) electrons. The zero-order valence-electron chi connectivity index (χ0n) is 18.4. The average Bonchev–Trinajstić information content (AvgIpc) is 2.69. The molecule has 0 heterocycles. The SMILES string of the molecule is CCCCCCCCCCCCCC(CC=CF)O[Si](CCC)(OC)OC. The van der Waals surface area contributed by atoms with Gasteiger partial charge in [0.2, 0.25) is 0 Å². The highest BCUT2D eigenvalue weighted by atomic mass is 28.4. The minimum atomic E-state index is -2.61. The molecule has 0 spiro atoms. The van der Waals surface area contributed by atoms with Crippen LogP contribution in [0.15, 0.2) is 12.4 Å². The topological polar surface area (TPSA) is 27.7 Å². The van der Waals surface area contributed by atoms with E-state index < -0.39 is 8.80 Å². The van der Waals surface area contributed by atoms with E-state index in [2.05, 4.69) is 13.8 Å². The van der Waals surface area contributed by atoms with E-state index in [-0.39, 0.29) is 6.10 Å². The Bertz CT molecular complexity index is 336. The fourth-order valence-corrected chi connectivity index (χ4v) is 5.69. The molecule has 0 aliphatic heterocycles. The predicted molar refractivity (Wildman–Crippen MR) is 116 cm³/mol. The highest BCUT2D eigenvalue weighted by Crippen LogP contribution is 2.23. The monoisotopic (exact) mass is 404 g/mol. The quantitative estimate of drug-likeness (QED) is 0.154. The lowest BCUT2D eigenvalue weighted by Gasteiger charge is -2.30. The first kappa shape index (κ1) is 26.8. The van der Waals surface area contributed by atoms with Gasteiger partial charge in [0.25, 0.3) is 0 Å². The molecule has 0 aromatic heterocycles. The van der Waals surface area contributed by atoms with Gasteiger partial charge in [0, 0.05) is 20.3 Å². The normalized spacial score (nSPS) is 13.5. The maximum Gasteiger partial charge on any atom is 0.500 e. The molecular weight excluding hydrogens is 359 g/mol. The summed E-state index contributed by atoms with van der Waals surface area (Å²) in [6.45, 7) is 4.36. The van der Waals surface area contributed by atoms with Crippen LogP contribution in [-0.4, -0.2) is 29.1 Å². The Morgan fingerprint density at radius 2 is 1.30 bits per heavy atom. The molecule has 1 atom stereocenters. The van der Waals surface area contributed by atoms with E-state index in [4.69, 9.17) is 13.3 Å². The Morgan fingerprint density at radius 3 is 1.74 bits per heavy atom. The summed E-state index contributed by atoms with van der Waals surface area (Å²) in [5.74, 6) is 0. The number of hydrogen-bond donors (Lipinski definition) is 0. The summed E-state index contributed by atoms with van der Waals surface area (Å²) in [5, 5.41) is 0. The molecule has 0 rings (SSSR count). The predicted octanol–water partition coefficient (Wildman–Crippen LogP) is 7.59. The van der Waals surface area contributed by atoms with Crippen molar-refractivity contribution >= 4 is 8.80 Å². The van der Waals surface area contributed by atoms with Crippen molar-refractivity contribution in [2.75, 3.05) is 14.2 Å². The van der Waals surface area contributed by atoms with Gasteiger partial charge in [-0.25, -0.2) is 4.39 Å². The zero-order valence-corrected chi connectivity index (χ0v) is 19.4. The minimum Gasteiger partial charge on any atom is -0.377 e. The van der Waals surface area contributed by atoms with Crippen LogP contribution in [-0.2, 0) is 13.3 Å². The lowest BCUT2D eigenvalue weighted by molar-refractivity contribution is 0.0509. The summed E-state index contributed by atoms with van der Waals surface area (Å²) < 4.78 is 30.0. The van der Waals surface area contributed by atoms with Crippen LogP contribution >= 0.6 is 0 Å². The number of unbranched alkanes of at least 4 members (excludes halogenated alkanes) is 10. The summed E-state index contributed by atoms with van der Waals surface area (Å²) in [5.41, 5.74) is 0. The van der Waals surface area contributed by atoms with Crippen molar-refractivity contribution in [3.05, 3.63) is 12.4 Å². The van der Waals surface area contributed by atoms with Crippen LogP contribution < -0.4 is 0 Å². The molecule has 0 fully saturated rings. The maximum absolute atomic E-state index is 12.5. The second-order valence-electron chi connectivity index (χ2n) is 7.50. The molecule has 162 valence electrons. The van der Waals surface area contributed by atoms with Gasteiger partial charge in [0.1, 0.15) is 0 Å². The molecule has 0 N–H and O–H groups in total. The van der Waals surface area contributed by atoms with Crippen molar-refractivity contribution in [2.24, 2.45) is 0 Å². The molecular formula is C22H45FO3Si. The second kappa shape index (κ2) is 19.1. The van der Waals surface area contributed by atoms with Crippen molar-refractivity contribution < 1.29 is 17.7 Å². The highest BCUT2D eigenvalue weighted by Gasteiger charge is 2.40. The molecule has 1 unspecified atom stereocenters. The molecule has 0 aliphatic rings. The van der Waals surface area contributed by atoms with Gasteiger partial charge in [-0.1, -0.05) is 97.0 Å². The third kappa shape index (κ3) is 14.4. The van der Waals surface area contributed by atoms with E-state index in [0.29, 0.717) is 12.8 Å². The van der Waals surface area contributed by atoms with Crippen molar-refractivity contribution in [1.29, 1.82) is 0 Å².